The van der Waals surface area contributed by atoms with Crippen molar-refractivity contribution >= 4 is 11.6 Å². The topological polar surface area (TPSA) is 44.1 Å². The van der Waals surface area contributed by atoms with E-state index in [0.717, 1.165) is 11.4 Å². The van der Waals surface area contributed by atoms with Crippen molar-refractivity contribution in [1.82, 2.24) is 9.55 Å². The molecule has 2 aromatic rings. The van der Waals surface area contributed by atoms with Crippen molar-refractivity contribution < 1.29 is 4.74 Å². The molecule has 4 nitrogen and oxygen atoms in total. The third kappa shape index (κ3) is 1.92. The first kappa shape index (κ1) is 10.7. The van der Waals surface area contributed by atoms with Crippen LogP contribution in [0.2, 0.25) is 5.15 Å². The lowest BCUT2D eigenvalue weighted by molar-refractivity contribution is 0.414. The second kappa shape index (κ2) is 4.37. The van der Waals surface area contributed by atoms with E-state index in [1.165, 1.54) is 10.8 Å². The molecule has 0 bridgehead atoms. The van der Waals surface area contributed by atoms with Crippen molar-refractivity contribution in [3.8, 4) is 11.4 Å². The molecule has 0 aliphatic heterocycles. The van der Waals surface area contributed by atoms with E-state index in [1.807, 2.05) is 0 Å². The van der Waals surface area contributed by atoms with Crippen LogP contribution >= 0.6 is 11.6 Å². The van der Waals surface area contributed by atoms with E-state index >= 15 is 0 Å². The molecule has 0 atom stereocenters. The largest absolute Gasteiger partial charge is 0.497 e. The van der Waals surface area contributed by atoms with Crippen molar-refractivity contribution in [3.63, 3.8) is 0 Å². The van der Waals surface area contributed by atoms with Gasteiger partial charge in [0.05, 0.1) is 7.11 Å². The third-order valence-corrected chi connectivity index (χ3v) is 2.41. The van der Waals surface area contributed by atoms with Gasteiger partial charge in [-0.15, -0.1) is 0 Å². The summed E-state index contributed by atoms with van der Waals surface area (Å²) in [6.45, 7) is 0. The van der Waals surface area contributed by atoms with E-state index < -0.39 is 0 Å². The Morgan fingerprint density at radius 2 is 2.00 bits per heavy atom. The van der Waals surface area contributed by atoms with Crippen molar-refractivity contribution in [1.29, 1.82) is 0 Å². The van der Waals surface area contributed by atoms with Crippen LogP contribution in [0.15, 0.2) is 41.5 Å². The Bertz CT molecular complexity index is 549. The van der Waals surface area contributed by atoms with Crippen LogP contribution in [-0.2, 0) is 0 Å². The first-order valence-electron chi connectivity index (χ1n) is 4.60. The number of aromatic nitrogens is 2. The fourth-order valence-electron chi connectivity index (χ4n) is 1.33. The van der Waals surface area contributed by atoms with Crippen LogP contribution in [0.1, 0.15) is 0 Å². The van der Waals surface area contributed by atoms with Gasteiger partial charge < -0.3 is 4.74 Å². The first-order valence-corrected chi connectivity index (χ1v) is 4.98. The Labute approximate surface area is 97.1 Å². The maximum Gasteiger partial charge on any atom is 0.292 e. The number of rotatable bonds is 2. The summed E-state index contributed by atoms with van der Waals surface area (Å²) in [6.07, 6.45) is 3.05. The monoisotopic (exact) mass is 236 g/mol. The minimum Gasteiger partial charge on any atom is -0.497 e. The Hall–Kier alpha value is -1.81. The molecule has 1 heterocycles. The molecule has 1 aromatic heterocycles. The first-order chi connectivity index (χ1) is 7.72. The highest BCUT2D eigenvalue weighted by Crippen LogP contribution is 2.13. The van der Waals surface area contributed by atoms with Gasteiger partial charge in [-0.2, -0.15) is 0 Å². The molecule has 0 unspecified atom stereocenters. The molecule has 0 aliphatic carbocycles. The SMILES string of the molecule is COc1ccc(-n2ccnc(Cl)c2=O)cc1. The average molecular weight is 237 g/mol. The molecule has 0 amide bonds. The van der Waals surface area contributed by atoms with E-state index in [2.05, 4.69) is 4.98 Å². The summed E-state index contributed by atoms with van der Waals surface area (Å²) in [4.78, 5) is 15.4. The van der Waals surface area contributed by atoms with Crippen LogP contribution < -0.4 is 10.3 Å². The maximum atomic E-state index is 11.7. The van der Waals surface area contributed by atoms with Crippen LogP contribution in [0.3, 0.4) is 0 Å². The van der Waals surface area contributed by atoms with E-state index in [1.54, 1.807) is 37.6 Å². The lowest BCUT2D eigenvalue weighted by Crippen LogP contribution is -2.18. The standard InChI is InChI=1S/C11H9ClN2O2/c1-16-9-4-2-8(3-5-9)14-7-6-13-10(12)11(14)15/h2-7H,1H3. The summed E-state index contributed by atoms with van der Waals surface area (Å²) in [5.41, 5.74) is 0.379. The normalized spacial score (nSPS) is 10.1. The van der Waals surface area contributed by atoms with Gasteiger partial charge in [0.15, 0.2) is 5.15 Å². The van der Waals surface area contributed by atoms with Crippen LogP contribution in [-0.4, -0.2) is 16.7 Å². The minimum absolute atomic E-state index is 0.0432. The summed E-state index contributed by atoms with van der Waals surface area (Å²) in [7, 11) is 1.59. The highest BCUT2D eigenvalue weighted by atomic mass is 35.5. The third-order valence-electron chi connectivity index (χ3n) is 2.15. The van der Waals surface area contributed by atoms with Gasteiger partial charge >= 0.3 is 0 Å². The molecule has 16 heavy (non-hydrogen) atoms. The van der Waals surface area contributed by atoms with Crippen molar-refractivity contribution in [3.05, 3.63) is 52.2 Å². The highest BCUT2D eigenvalue weighted by molar-refractivity contribution is 6.29. The van der Waals surface area contributed by atoms with E-state index in [-0.39, 0.29) is 10.7 Å². The second-order valence-electron chi connectivity index (χ2n) is 3.09. The van der Waals surface area contributed by atoms with Gasteiger partial charge in [0, 0.05) is 18.1 Å². The number of hydrogen-bond donors (Lipinski definition) is 0. The molecular weight excluding hydrogens is 228 g/mol. The number of ether oxygens (including phenoxy) is 1. The summed E-state index contributed by atoms with van der Waals surface area (Å²) >= 11 is 5.65. The lowest BCUT2D eigenvalue weighted by atomic mass is 10.3. The van der Waals surface area contributed by atoms with Crippen LogP contribution in [0.4, 0.5) is 0 Å². The smallest absolute Gasteiger partial charge is 0.292 e. The quantitative estimate of drug-likeness (QED) is 0.800. The van der Waals surface area contributed by atoms with Crippen LogP contribution in [0, 0.1) is 0 Å². The number of hydrogen-bond acceptors (Lipinski definition) is 3. The van der Waals surface area contributed by atoms with Gasteiger partial charge in [-0.1, -0.05) is 11.6 Å². The number of nitrogens with zero attached hydrogens (tertiary/aromatic N) is 2. The molecule has 0 saturated heterocycles. The van der Waals surface area contributed by atoms with Crippen molar-refractivity contribution in [2.75, 3.05) is 7.11 Å². The Balaban J connectivity index is 2.51. The summed E-state index contributed by atoms with van der Waals surface area (Å²) in [5.74, 6) is 0.733. The summed E-state index contributed by atoms with van der Waals surface area (Å²) in [6, 6.07) is 7.10. The lowest BCUT2D eigenvalue weighted by Gasteiger charge is -2.06. The average Bonchev–Trinajstić information content (AvgIpc) is 2.33. The summed E-state index contributed by atoms with van der Waals surface area (Å²) < 4.78 is 6.46. The number of benzene rings is 1. The molecule has 0 aliphatic rings. The molecule has 5 heteroatoms. The molecule has 0 spiro atoms. The van der Waals surface area contributed by atoms with E-state index in [0.29, 0.717) is 0 Å². The number of methoxy groups -OCH3 is 1. The van der Waals surface area contributed by atoms with Crippen LogP contribution in [0.5, 0.6) is 5.75 Å². The van der Waals surface area contributed by atoms with Gasteiger partial charge in [-0.3, -0.25) is 9.36 Å². The molecule has 0 saturated carbocycles. The fraction of sp³-hybridized carbons (Fsp3) is 0.0909. The molecule has 2 rings (SSSR count). The zero-order chi connectivity index (χ0) is 11.5. The predicted octanol–water partition coefficient (Wildman–Crippen LogP) is 1.89. The maximum absolute atomic E-state index is 11.7. The Kier molecular flexibility index (Phi) is 2.92. The van der Waals surface area contributed by atoms with E-state index in [4.69, 9.17) is 16.3 Å². The Morgan fingerprint density at radius 1 is 1.31 bits per heavy atom. The number of halogens is 1. The zero-order valence-corrected chi connectivity index (χ0v) is 9.31. The highest BCUT2D eigenvalue weighted by Gasteiger charge is 2.03. The Morgan fingerprint density at radius 3 is 2.62 bits per heavy atom. The van der Waals surface area contributed by atoms with Gasteiger partial charge in [0.1, 0.15) is 5.75 Å². The van der Waals surface area contributed by atoms with Crippen molar-refractivity contribution in [2.24, 2.45) is 0 Å². The molecule has 82 valence electrons. The molecule has 0 fully saturated rings. The molecule has 1 aromatic carbocycles. The molecular formula is C11H9ClN2O2. The van der Waals surface area contributed by atoms with Gasteiger partial charge in [-0.05, 0) is 24.3 Å². The van der Waals surface area contributed by atoms with E-state index in [9.17, 15) is 4.79 Å². The van der Waals surface area contributed by atoms with Crippen molar-refractivity contribution in [2.45, 2.75) is 0 Å². The molecule has 0 radical (unpaired) electrons. The van der Waals surface area contributed by atoms with Gasteiger partial charge in [0.25, 0.3) is 5.56 Å². The summed E-state index contributed by atoms with van der Waals surface area (Å²) in [5, 5.41) is -0.0432. The van der Waals surface area contributed by atoms with Gasteiger partial charge in [-0.25, -0.2) is 4.98 Å². The zero-order valence-electron chi connectivity index (χ0n) is 8.55. The fourth-order valence-corrected chi connectivity index (χ4v) is 1.48. The molecule has 0 N–H and O–H groups in total. The predicted molar refractivity (Wildman–Crippen MR) is 61.4 cm³/mol. The van der Waals surface area contributed by atoms with Gasteiger partial charge in [0.2, 0.25) is 0 Å². The second-order valence-corrected chi connectivity index (χ2v) is 3.45. The minimum atomic E-state index is -0.339. The van der Waals surface area contributed by atoms with Crippen LogP contribution in [0.25, 0.3) is 5.69 Å².